The van der Waals surface area contributed by atoms with Gasteiger partial charge >= 0.3 is 0 Å². The molecule has 0 aliphatic heterocycles. The third kappa shape index (κ3) is 3.89. The van der Waals surface area contributed by atoms with E-state index in [0.717, 1.165) is 11.7 Å². The minimum absolute atomic E-state index is 0.548. The molecule has 1 nitrogen and oxygen atoms in total. The zero-order valence-corrected chi connectivity index (χ0v) is 12.4. The third-order valence-electron chi connectivity index (χ3n) is 4.90. The fourth-order valence-electron chi connectivity index (χ4n) is 3.94. The summed E-state index contributed by atoms with van der Waals surface area (Å²) in [5, 5.41) is 0. The van der Waals surface area contributed by atoms with Crippen molar-refractivity contribution in [2.24, 2.45) is 11.3 Å². The normalized spacial score (nSPS) is 25.6. The summed E-state index contributed by atoms with van der Waals surface area (Å²) >= 11 is 4.62. The van der Waals surface area contributed by atoms with Crippen LogP contribution in [-0.2, 0) is 0 Å². The van der Waals surface area contributed by atoms with Crippen molar-refractivity contribution in [3.05, 3.63) is 0 Å². The lowest BCUT2D eigenvalue weighted by Crippen LogP contribution is -2.38. The van der Waals surface area contributed by atoms with Crippen LogP contribution in [0, 0.1) is 11.3 Å². The zero-order valence-electron chi connectivity index (χ0n) is 11.5. The molecule has 0 bridgehead atoms. The smallest absolute Gasteiger partial charge is 0.00429 e. The molecule has 0 spiro atoms. The summed E-state index contributed by atoms with van der Waals surface area (Å²) in [6.45, 7) is 2.61. The molecule has 2 rings (SSSR count). The standard InChI is InChI=1S/C15H29NS/c1-16(11-14-7-3-2-4-8-14)12-15(13-17)9-5-6-10-15/h14,17H,2-13H2,1H3. The summed E-state index contributed by atoms with van der Waals surface area (Å²) in [6.07, 6.45) is 13.0. The van der Waals surface area contributed by atoms with E-state index in [9.17, 15) is 0 Å². The van der Waals surface area contributed by atoms with E-state index in [1.165, 1.54) is 70.9 Å². The van der Waals surface area contributed by atoms with Crippen molar-refractivity contribution in [3.63, 3.8) is 0 Å². The van der Waals surface area contributed by atoms with Crippen LogP contribution >= 0.6 is 12.6 Å². The van der Waals surface area contributed by atoms with Crippen LogP contribution in [0.4, 0.5) is 0 Å². The number of rotatable bonds is 5. The topological polar surface area (TPSA) is 3.24 Å². The highest BCUT2D eigenvalue weighted by Gasteiger charge is 2.33. The first-order valence-electron chi connectivity index (χ1n) is 7.53. The quantitative estimate of drug-likeness (QED) is 0.727. The molecule has 0 aromatic heterocycles. The van der Waals surface area contributed by atoms with Gasteiger partial charge in [0, 0.05) is 13.1 Å². The Kier molecular flexibility index (Phi) is 5.23. The van der Waals surface area contributed by atoms with E-state index < -0.39 is 0 Å². The molecule has 0 N–H and O–H groups in total. The van der Waals surface area contributed by atoms with Crippen LogP contribution in [0.15, 0.2) is 0 Å². The van der Waals surface area contributed by atoms with Crippen LogP contribution in [0.3, 0.4) is 0 Å². The van der Waals surface area contributed by atoms with Crippen molar-refractivity contribution in [2.45, 2.75) is 57.8 Å². The summed E-state index contributed by atoms with van der Waals surface area (Å²) in [6, 6.07) is 0. The molecule has 0 atom stereocenters. The molecule has 2 heteroatoms. The third-order valence-corrected chi connectivity index (χ3v) is 5.57. The highest BCUT2D eigenvalue weighted by Crippen LogP contribution is 2.39. The van der Waals surface area contributed by atoms with Crippen molar-refractivity contribution in [1.29, 1.82) is 0 Å². The Morgan fingerprint density at radius 1 is 1.06 bits per heavy atom. The lowest BCUT2D eigenvalue weighted by Gasteiger charge is -2.35. The van der Waals surface area contributed by atoms with E-state index in [1.54, 1.807) is 0 Å². The summed E-state index contributed by atoms with van der Waals surface area (Å²) in [5.74, 6) is 2.06. The fraction of sp³-hybridized carbons (Fsp3) is 1.00. The lowest BCUT2D eigenvalue weighted by molar-refractivity contribution is 0.164. The van der Waals surface area contributed by atoms with Crippen molar-refractivity contribution >= 4 is 12.6 Å². The van der Waals surface area contributed by atoms with E-state index in [4.69, 9.17) is 0 Å². The summed E-state index contributed by atoms with van der Waals surface area (Å²) in [5.41, 5.74) is 0.548. The van der Waals surface area contributed by atoms with Crippen LogP contribution < -0.4 is 0 Å². The molecule has 17 heavy (non-hydrogen) atoms. The first-order valence-corrected chi connectivity index (χ1v) is 8.17. The van der Waals surface area contributed by atoms with Crippen molar-refractivity contribution in [3.8, 4) is 0 Å². The number of hydrogen-bond donors (Lipinski definition) is 1. The maximum Gasteiger partial charge on any atom is 0.00429 e. The largest absolute Gasteiger partial charge is 0.306 e. The van der Waals surface area contributed by atoms with Gasteiger partial charge in [0.05, 0.1) is 0 Å². The van der Waals surface area contributed by atoms with Crippen LogP contribution in [0.25, 0.3) is 0 Å². The summed E-state index contributed by atoms with van der Waals surface area (Å²) in [4.78, 5) is 2.61. The van der Waals surface area contributed by atoms with Gasteiger partial charge < -0.3 is 4.90 Å². The molecule has 0 unspecified atom stereocenters. The van der Waals surface area contributed by atoms with E-state index in [-0.39, 0.29) is 0 Å². The van der Waals surface area contributed by atoms with E-state index >= 15 is 0 Å². The van der Waals surface area contributed by atoms with Crippen molar-refractivity contribution in [2.75, 3.05) is 25.9 Å². The van der Waals surface area contributed by atoms with Crippen LogP contribution in [0.5, 0.6) is 0 Å². The molecule has 0 radical (unpaired) electrons. The average molecular weight is 255 g/mol. The lowest BCUT2D eigenvalue weighted by atomic mass is 9.86. The van der Waals surface area contributed by atoms with E-state index in [1.807, 2.05) is 0 Å². The molecule has 2 aliphatic rings. The number of nitrogens with zero attached hydrogens (tertiary/aromatic N) is 1. The Morgan fingerprint density at radius 3 is 2.29 bits per heavy atom. The molecule has 0 aromatic rings. The van der Waals surface area contributed by atoms with Crippen LogP contribution in [0.2, 0.25) is 0 Å². The molecule has 0 heterocycles. The summed E-state index contributed by atoms with van der Waals surface area (Å²) < 4.78 is 0. The van der Waals surface area contributed by atoms with Gasteiger partial charge in [-0.05, 0) is 49.8 Å². The second-order valence-electron chi connectivity index (χ2n) is 6.57. The van der Waals surface area contributed by atoms with Crippen LogP contribution in [-0.4, -0.2) is 30.8 Å². The number of hydrogen-bond acceptors (Lipinski definition) is 2. The first kappa shape index (κ1) is 13.7. The second-order valence-corrected chi connectivity index (χ2v) is 6.88. The van der Waals surface area contributed by atoms with Crippen LogP contribution in [0.1, 0.15) is 57.8 Å². The Hall–Kier alpha value is 0.310. The SMILES string of the molecule is CN(CC1CCCCC1)CC1(CS)CCCC1. The molecule has 0 aromatic carbocycles. The maximum absolute atomic E-state index is 4.62. The maximum atomic E-state index is 4.62. The minimum atomic E-state index is 0.548. The molecule has 100 valence electrons. The average Bonchev–Trinajstić information content (AvgIpc) is 2.79. The zero-order chi connectivity index (χ0) is 12.1. The Morgan fingerprint density at radius 2 is 1.71 bits per heavy atom. The van der Waals surface area contributed by atoms with Gasteiger partial charge in [0.1, 0.15) is 0 Å². The molecular weight excluding hydrogens is 226 g/mol. The molecule has 2 fully saturated rings. The van der Waals surface area contributed by atoms with E-state index in [0.29, 0.717) is 5.41 Å². The van der Waals surface area contributed by atoms with Gasteiger partial charge in [0.2, 0.25) is 0 Å². The van der Waals surface area contributed by atoms with Gasteiger partial charge in [-0.15, -0.1) is 0 Å². The molecular formula is C15H29NS. The highest BCUT2D eigenvalue weighted by molar-refractivity contribution is 7.80. The van der Waals surface area contributed by atoms with Gasteiger partial charge in [-0.2, -0.15) is 12.6 Å². The molecule has 2 saturated carbocycles. The Labute approximate surface area is 113 Å². The van der Waals surface area contributed by atoms with Crippen molar-refractivity contribution < 1.29 is 0 Å². The van der Waals surface area contributed by atoms with Gasteiger partial charge in [-0.25, -0.2) is 0 Å². The second kappa shape index (κ2) is 6.47. The monoisotopic (exact) mass is 255 g/mol. The number of thiol groups is 1. The van der Waals surface area contributed by atoms with Gasteiger partial charge in [0.15, 0.2) is 0 Å². The first-order chi connectivity index (χ1) is 8.24. The van der Waals surface area contributed by atoms with Gasteiger partial charge in [-0.3, -0.25) is 0 Å². The highest BCUT2D eigenvalue weighted by atomic mass is 32.1. The Bertz CT molecular complexity index is 217. The minimum Gasteiger partial charge on any atom is -0.306 e. The van der Waals surface area contributed by atoms with E-state index in [2.05, 4.69) is 24.6 Å². The predicted octanol–water partition coefficient (Wildman–Crippen LogP) is 3.99. The van der Waals surface area contributed by atoms with Gasteiger partial charge in [-0.1, -0.05) is 32.1 Å². The molecule has 2 aliphatic carbocycles. The predicted molar refractivity (Wildman–Crippen MR) is 78.8 cm³/mol. The fourth-order valence-corrected chi connectivity index (χ4v) is 4.36. The molecule has 0 saturated heterocycles. The van der Waals surface area contributed by atoms with Gasteiger partial charge in [0.25, 0.3) is 0 Å². The Balaban J connectivity index is 1.77. The molecule has 0 amide bonds. The summed E-state index contributed by atoms with van der Waals surface area (Å²) in [7, 11) is 2.33. The van der Waals surface area contributed by atoms with Crippen molar-refractivity contribution in [1.82, 2.24) is 4.90 Å².